The Morgan fingerprint density at radius 3 is 2.20 bits per heavy atom. The quantitative estimate of drug-likeness (QED) is 0.802. The number of ketones is 1. The molecule has 1 aromatic carbocycles. The van der Waals surface area contributed by atoms with Gasteiger partial charge in [0.25, 0.3) is 0 Å². The Kier molecular flexibility index (Phi) is 4.03. The molecule has 0 aliphatic heterocycles. The predicted octanol–water partition coefficient (Wildman–Crippen LogP) is 2.95. The van der Waals surface area contributed by atoms with Gasteiger partial charge >= 0.3 is 0 Å². The van der Waals surface area contributed by atoms with Crippen LogP contribution in [-0.4, -0.2) is 25.0 Å². The number of pyridine rings is 1. The lowest BCUT2D eigenvalue weighted by Crippen LogP contribution is -2.10. The zero-order chi connectivity index (χ0) is 14.7. The summed E-state index contributed by atoms with van der Waals surface area (Å²) in [4.78, 5) is 17.0. The van der Waals surface area contributed by atoms with Gasteiger partial charge in [-0.1, -0.05) is 12.1 Å². The molecule has 0 saturated heterocycles. The molecule has 0 aliphatic rings. The standard InChI is InChI=1S/C16H17NO3/c1-10-8-11(2)15(17-9-10)16(18)14-12(19-3)6-5-7-13(14)20-4/h5-9H,1-4H3. The van der Waals surface area contributed by atoms with Crippen LogP contribution in [0.2, 0.25) is 0 Å². The number of hydrogen-bond donors (Lipinski definition) is 0. The number of ether oxygens (including phenoxy) is 2. The molecule has 0 unspecified atom stereocenters. The Balaban J connectivity index is 2.58. The van der Waals surface area contributed by atoms with E-state index >= 15 is 0 Å². The second-order valence-electron chi connectivity index (χ2n) is 4.54. The van der Waals surface area contributed by atoms with Gasteiger partial charge < -0.3 is 9.47 Å². The van der Waals surface area contributed by atoms with Crippen LogP contribution in [-0.2, 0) is 0 Å². The zero-order valence-corrected chi connectivity index (χ0v) is 12.1. The van der Waals surface area contributed by atoms with Gasteiger partial charge in [-0.3, -0.25) is 9.78 Å². The molecule has 4 heteroatoms. The van der Waals surface area contributed by atoms with Gasteiger partial charge in [0.2, 0.25) is 5.78 Å². The van der Waals surface area contributed by atoms with Gasteiger partial charge in [0, 0.05) is 6.20 Å². The first kappa shape index (κ1) is 14.1. The van der Waals surface area contributed by atoms with E-state index in [2.05, 4.69) is 4.98 Å². The summed E-state index contributed by atoms with van der Waals surface area (Å²) in [5, 5.41) is 0. The second kappa shape index (κ2) is 5.74. The third-order valence-corrected chi connectivity index (χ3v) is 3.08. The normalized spacial score (nSPS) is 10.2. The average Bonchev–Trinajstić information content (AvgIpc) is 2.45. The molecule has 0 fully saturated rings. The first-order valence-electron chi connectivity index (χ1n) is 6.27. The van der Waals surface area contributed by atoms with E-state index < -0.39 is 0 Å². The van der Waals surface area contributed by atoms with Crippen molar-refractivity contribution in [3.63, 3.8) is 0 Å². The van der Waals surface area contributed by atoms with Gasteiger partial charge in [0.05, 0.1) is 14.2 Å². The smallest absolute Gasteiger partial charge is 0.219 e. The van der Waals surface area contributed by atoms with Crippen LogP contribution < -0.4 is 9.47 Å². The topological polar surface area (TPSA) is 48.4 Å². The molecule has 0 atom stereocenters. The Morgan fingerprint density at radius 1 is 1.10 bits per heavy atom. The molecule has 4 nitrogen and oxygen atoms in total. The summed E-state index contributed by atoms with van der Waals surface area (Å²) in [5.41, 5.74) is 2.67. The maximum absolute atomic E-state index is 12.7. The summed E-state index contributed by atoms with van der Waals surface area (Å²) in [6.07, 6.45) is 1.68. The van der Waals surface area contributed by atoms with Crippen molar-refractivity contribution in [3.8, 4) is 11.5 Å². The highest BCUT2D eigenvalue weighted by molar-refractivity contribution is 6.12. The molecule has 104 valence electrons. The minimum absolute atomic E-state index is 0.197. The highest BCUT2D eigenvalue weighted by atomic mass is 16.5. The summed E-state index contributed by atoms with van der Waals surface area (Å²) < 4.78 is 10.5. The van der Waals surface area contributed by atoms with Crippen molar-refractivity contribution in [2.24, 2.45) is 0 Å². The second-order valence-corrected chi connectivity index (χ2v) is 4.54. The molecule has 0 amide bonds. The summed E-state index contributed by atoms with van der Waals surface area (Å²) in [6.45, 7) is 3.81. The van der Waals surface area contributed by atoms with Gasteiger partial charge in [-0.2, -0.15) is 0 Å². The third kappa shape index (κ3) is 2.50. The number of aromatic nitrogens is 1. The number of aryl methyl sites for hydroxylation is 2. The van der Waals surface area contributed by atoms with E-state index in [1.165, 1.54) is 14.2 Å². The monoisotopic (exact) mass is 271 g/mol. The Labute approximate surface area is 118 Å². The van der Waals surface area contributed by atoms with Crippen LogP contribution in [0, 0.1) is 13.8 Å². The number of benzene rings is 1. The number of nitrogens with zero attached hydrogens (tertiary/aromatic N) is 1. The highest BCUT2D eigenvalue weighted by Gasteiger charge is 2.22. The molecule has 2 rings (SSSR count). The molecule has 0 radical (unpaired) electrons. The average molecular weight is 271 g/mol. The number of carbonyl (C=O) groups is 1. The van der Waals surface area contributed by atoms with Crippen LogP contribution in [0.25, 0.3) is 0 Å². The summed E-state index contributed by atoms with van der Waals surface area (Å²) in [6, 6.07) is 7.19. The molecule has 0 saturated carbocycles. The van der Waals surface area contributed by atoms with Gasteiger partial charge in [-0.25, -0.2) is 0 Å². The van der Waals surface area contributed by atoms with Crippen molar-refractivity contribution in [1.29, 1.82) is 0 Å². The highest BCUT2D eigenvalue weighted by Crippen LogP contribution is 2.30. The van der Waals surface area contributed by atoms with Crippen molar-refractivity contribution in [1.82, 2.24) is 4.98 Å². The lowest BCUT2D eigenvalue weighted by atomic mass is 10.0. The molecule has 0 bridgehead atoms. The van der Waals surface area contributed by atoms with Crippen molar-refractivity contribution in [2.75, 3.05) is 14.2 Å². The number of rotatable bonds is 4. The fourth-order valence-corrected chi connectivity index (χ4v) is 2.15. The molecule has 0 aliphatic carbocycles. The summed E-state index contributed by atoms with van der Waals surface area (Å²) in [5.74, 6) is 0.768. The Bertz CT molecular complexity index is 628. The van der Waals surface area contributed by atoms with E-state index in [0.717, 1.165) is 11.1 Å². The number of hydrogen-bond acceptors (Lipinski definition) is 4. The van der Waals surface area contributed by atoms with Crippen molar-refractivity contribution >= 4 is 5.78 Å². The molecular formula is C16H17NO3. The molecule has 1 heterocycles. The largest absolute Gasteiger partial charge is 0.496 e. The SMILES string of the molecule is COc1cccc(OC)c1C(=O)c1ncc(C)cc1C. The molecular weight excluding hydrogens is 254 g/mol. The van der Waals surface area contributed by atoms with Crippen LogP contribution in [0.1, 0.15) is 27.2 Å². The number of carbonyl (C=O) groups excluding carboxylic acids is 1. The lowest BCUT2D eigenvalue weighted by Gasteiger charge is -2.12. The van der Waals surface area contributed by atoms with E-state index in [4.69, 9.17) is 9.47 Å². The van der Waals surface area contributed by atoms with E-state index in [-0.39, 0.29) is 5.78 Å². The van der Waals surface area contributed by atoms with Gasteiger partial charge in [0.1, 0.15) is 22.8 Å². The molecule has 0 N–H and O–H groups in total. The lowest BCUT2D eigenvalue weighted by molar-refractivity contribution is 0.102. The van der Waals surface area contributed by atoms with Gasteiger partial charge in [-0.05, 0) is 37.1 Å². The molecule has 20 heavy (non-hydrogen) atoms. The number of methoxy groups -OCH3 is 2. The van der Waals surface area contributed by atoms with Crippen LogP contribution in [0.3, 0.4) is 0 Å². The molecule has 2 aromatic rings. The Hall–Kier alpha value is -2.36. The van der Waals surface area contributed by atoms with Gasteiger partial charge in [0.15, 0.2) is 0 Å². The molecule has 1 aromatic heterocycles. The van der Waals surface area contributed by atoms with Crippen LogP contribution in [0.5, 0.6) is 11.5 Å². The van der Waals surface area contributed by atoms with Crippen molar-refractivity contribution in [2.45, 2.75) is 13.8 Å². The maximum Gasteiger partial charge on any atom is 0.219 e. The molecule has 0 spiro atoms. The third-order valence-electron chi connectivity index (χ3n) is 3.08. The summed E-state index contributed by atoms with van der Waals surface area (Å²) in [7, 11) is 3.06. The summed E-state index contributed by atoms with van der Waals surface area (Å²) >= 11 is 0. The van der Waals surface area contributed by atoms with Crippen molar-refractivity contribution in [3.05, 3.63) is 52.8 Å². The van der Waals surface area contributed by atoms with E-state index in [0.29, 0.717) is 22.8 Å². The minimum Gasteiger partial charge on any atom is -0.496 e. The Morgan fingerprint density at radius 2 is 1.70 bits per heavy atom. The fraction of sp³-hybridized carbons (Fsp3) is 0.250. The fourth-order valence-electron chi connectivity index (χ4n) is 2.15. The van der Waals surface area contributed by atoms with E-state index in [9.17, 15) is 4.79 Å². The van der Waals surface area contributed by atoms with Crippen molar-refractivity contribution < 1.29 is 14.3 Å². The van der Waals surface area contributed by atoms with Gasteiger partial charge in [-0.15, -0.1) is 0 Å². The first-order chi connectivity index (χ1) is 9.58. The first-order valence-corrected chi connectivity index (χ1v) is 6.27. The minimum atomic E-state index is -0.197. The van der Waals surface area contributed by atoms with Crippen LogP contribution in [0.4, 0.5) is 0 Å². The maximum atomic E-state index is 12.7. The van der Waals surface area contributed by atoms with Crippen LogP contribution in [0.15, 0.2) is 30.5 Å². The van der Waals surface area contributed by atoms with E-state index in [1.807, 2.05) is 19.9 Å². The van der Waals surface area contributed by atoms with Crippen LogP contribution >= 0.6 is 0 Å². The predicted molar refractivity (Wildman–Crippen MR) is 76.7 cm³/mol. The van der Waals surface area contributed by atoms with E-state index in [1.54, 1.807) is 24.4 Å². The zero-order valence-electron chi connectivity index (χ0n) is 12.1.